The van der Waals surface area contributed by atoms with Crippen molar-refractivity contribution in [2.24, 2.45) is 0 Å². The molecule has 8 heteroatoms. The number of carbonyl (C=O) groups is 2. The van der Waals surface area contributed by atoms with Crippen molar-refractivity contribution in [2.45, 2.75) is 38.8 Å². The number of amides is 2. The SMILES string of the molecule is CCNC(=O)[C@H](Cc1ccccc1)N(Cc1c(Cl)cccc1Cl)C(=O)CCc1ccc2c(c1)OCCO2. The molecule has 4 rings (SSSR count). The molecule has 0 radical (unpaired) electrons. The summed E-state index contributed by atoms with van der Waals surface area (Å²) in [4.78, 5) is 28.7. The molecule has 1 aliphatic heterocycles. The van der Waals surface area contributed by atoms with Crippen molar-refractivity contribution in [3.05, 3.63) is 93.5 Å². The van der Waals surface area contributed by atoms with Crippen molar-refractivity contribution in [1.29, 1.82) is 0 Å². The van der Waals surface area contributed by atoms with E-state index >= 15 is 0 Å². The van der Waals surface area contributed by atoms with Crippen LogP contribution in [0, 0.1) is 0 Å². The molecule has 1 heterocycles. The van der Waals surface area contributed by atoms with E-state index in [1.807, 2.05) is 55.5 Å². The average Bonchev–Trinajstić information content (AvgIpc) is 2.91. The third-order valence-corrected chi connectivity index (χ3v) is 6.95. The van der Waals surface area contributed by atoms with Crippen LogP contribution >= 0.6 is 23.2 Å². The standard InChI is InChI=1S/C29H30Cl2N2O4/c1-2-32-29(35)25(17-20-7-4-3-5-8-20)33(19-22-23(30)9-6-10-24(22)31)28(34)14-12-21-11-13-26-27(18-21)37-16-15-36-26/h3-11,13,18,25H,2,12,14-17,19H2,1H3,(H,32,35)/t25-/m0/s1. The van der Waals surface area contributed by atoms with Crippen molar-refractivity contribution in [3.8, 4) is 11.5 Å². The highest BCUT2D eigenvalue weighted by Gasteiger charge is 2.31. The zero-order valence-electron chi connectivity index (χ0n) is 20.7. The van der Waals surface area contributed by atoms with Crippen molar-refractivity contribution in [2.75, 3.05) is 19.8 Å². The topological polar surface area (TPSA) is 67.9 Å². The van der Waals surface area contributed by atoms with E-state index in [4.69, 9.17) is 32.7 Å². The highest BCUT2D eigenvalue weighted by atomic mass is 35.5. The Morgan fingerprint density at radius 1 is 0.919 bits per heavy atom. The number of nitrogens with zero attached hydrogens (tertiary/aromatic N) is 1. The monoisotopic (exact) mass is 540 g/mol. The quantitative estimate of drug-likeness (QED) is 0.370. The van der Waals surface area contributed by atoms with Gasteiger partial charge in [-0.3, -0.25) is 9.59 Å². The van der Waals surface area contributed by atoms with E-state index in [0.717, 1.165) is 11.1 Å². The van der Waals surface area contributed by atoms with Gasteiger partial charge in [0, 0.05) is 41.5 Å². The van der Waals surface area contributed by atoms with Crippen LogP contribution in [0.25, 0.3) is 0 Å². The van der Waals surface area contributed by atoms with E-state index in [2.05, 4.69) is 5.32 Å². The van der Waals surface area contributed by atoms with E-state index in [9.17, 15) is 9.59 Å². The van der Waals surface area contributed by atoms with Crippen molar-refractivity contribution in [3.63, 3.8) is 0 Å². The number of fused-ring (bicyclic) bond motifs is 1. The molecule has 3 aromatic rings. The summed E-state index contributed by atoms with van der Waals surface area (Å²) in [5.74, 6) is 0.996. The van der Waals surface area contributed by atoms with Crippen LogP contribution < -0.4 is 14.8 Å². The molecule has 3 aromatic carbocycles. The first kappa shape index (κ1) is 26.8. The van der Waals surface area contributed by atoms with Crippen LogP contribution in [0.5, 0.6) is 11.5 Å². The average molecular weight is 541 g/mol. The van der Waals surface area contributed by atoms with Crippen LogP contribution in [0.15, 0.2) is 66.7 Å². The highest BCUT2D eigenvalue weighted by molar-refractivity contribution is 6.36. The van der Waals surface area contributed by atoms with Gasteiger partial charge in [-0.1, -0.05) is 65.7 Å². The fraction of sp³-hybridized carbons (Fsp3) is 0.310. The Bertz CT molecular complexity index is 1220. The predicted octanol–water partition coefficient (Wildman–Crippen LogP) is 5.47. The van der Waals surface area contributed by atoms with Crippen molar-refractivity contribution in [1.82, 2.24) is 10.2 Å². The number of carbonyl (C=O) groups excluding carboxylic acids is 2. The number of halogens is 2. The van der Waals surface area contributed by atoms with Crippen LogP contribution in [0.3, 0.4) is 0 Å². The highest BCUT2D eigenvalue weighted by Crippen LogP contribution is 2.32. The lowest BCUT2D eigenvalue weighted by molar-refractivity contribution is -0.141. The second kappa shape index (κ2) is 12.8. The number of likely N-dealkylation sites (N-methyl/N-ethyl adjacent to an activating group) is 1. The summed E-state index contributed by atoms with van der Waals surface area (Å²) < 4.78 is 11.3. The maximum absolute atomic E-state index is 13.8. The molecule has 37 heavy (non-hydrogen) atoms. The summed E-state index contributed by atoms with van der Waals surface area (Å²) in [7, 11) is 0. The molecule has 0 saturated heterocycles. The second-order valence-corrected chi connectivity index (χ2v) is 9.61. The molecule has 0 bridgehead atoms. The smallest absolute Gasteiger partial charge is 0.243 e. The van der Waals surface area contributed by atoms with Crippen molar-refractivity contribution < 1.29 is 19.1 Å². The van der Waals surface area contributed by atoms with Crippen molar-refractivity contribution >= 4 is 35.0 Å². The lowest BCUT2D eigenvalue weighted by Crippen LogP contribution is -2.50. The minimum absolute atomic E-state index is 0.118. The van der Waals surface area contributed by atoms with Gasteiger partial charge in [-0.15, -0.1) is 0 Å². The molecule has 0 spiro atoms. The minimum Gasteiger partial charge on any atom is -0.486 e. The summed E-state index contributed by atoms with van der Waals surface area (Å²) in [6.45, 7) is 3.45. The van der Waals surface area contributed by atoms with Crippen LogP contribution in [0.4, 0.5) is 0 Å². The Morgan fingerprint density at radius 3 is 2.32 bits per heavy atom. The lowest BCUT2D eigenvalue weighted by atomic mass is 10.0. The number of benzene rings is 3. The fourth-order valence-electron chi connectivity index (χ4n) is 4.34. The molecular weight excluding hydrogens is 511 g/mol. The Hall–Kier alpha value is -3.22. The first-order valence-corrected chi connectivity index (χ1v) is 13.1. The van der Waals surface area contributed by atoms with E-state index in [0.29, 0.717) is 59.7 Å². The molecule has 0 fully saturated rings. The van der Waals surface area contributed by atoms with Gasteiger partial charge in [-0.25, -0.2) is 0 Å². The molecule has 0 unspecified atom stereocenters. The lowest BCUT2D eigenvalue weighted by Gasteiger charge is -2.32. The molecule has 0 saturated carbocycles. The first-order chi connectivity index (χ1) is 18.0. The van der Waals surface area contributed by atoms with Gasteiger partial charge in [-0.05, 0) is 48.7 Å². The molecule has 2 amide bonds. The van der Waals surface area contributed by atoms with Gasteiger partial charge < -0.3 is 19.7 Å². The number of hydrogen-bond donors (Lipinski definition) is 1. The third kappa shape index (κ3) is 6.96. The van der Waals surface area contributed by atoms with Gasteiger partial charge in [0.1, 0.15) is 19.3 Å². The number of hydrogen-bond acceptors (Lipinski definition) is 4. The largest absolute Gasteiger partial charge is 0.486 e. The Morgan fingerprint density at radius 2 is 1.62 bits per heavy atom. The predicted molar refractivity (Wildman–Crippen MR) is 145 cm³/mol. The molecule has 6 nitrogen and oxygen atoms in total. The van der Waals surface area contributed by atoms with Crippen LogP contribution in [0.2, 0.25) is 10.0 Å². The second-order valence-electron chi connectivity index (χ2n) is 8.80. The molecule has 0 aromatic heterocycles. The molecule has 1 aliphatic rings. The number of rotatable bonds is 10. The summed E-state index contributed by atoms with van der Waals surface area (Å²) in [6.07, 6.45) is 1.05. The Kier molecular flexibility index (Phi) is 9.31. The Balaban J connectivity index is 1.61. The molecular formula is C29H30Cl2N2O4. The zero-order valence-corrected chi connectivity index (χ0v) is 22.2. The van der Waals surface area contributed by atoms with Gasteiger partial charge in [0.15, 0.2) is 11.5 Å². The number of ether oxygens (including phenoxy) is 2. The maximum Gasteiger partial charge on any atom is 0.243 e. The zero-order chi connectivity index (χ0) is 26.2. The van der Waals surface area contributed by atoms with Crippen LogP contribution in [-0.4, -0.2) is 42.5 Å². The van der Waals surface area contributed by atoms with E-state index in [1.165, 1.54) is 0 Å². The molecule has 0 aliphatic carbocycles. The van der Waals surface area contributed by atoms with Crippen LogP contribution in [-0.2, 0) is 29.0 Å². The van der Waals surface area contributed by atoms with E-state index in [-0.39, 0.29) is 24.8 Å². The third-order valence-electron chi connectivity index (χ3n) is 6.25. The minimum atomic E-state index is -0.734. The molecule has 1 atom stereocenters. The van der Waals surface area contributed by atoms with Gasteiger partial charge in [0.25, 0.3) is 0 Å². The first-order valence-electron chi connectivity index (χ1n) is 12.4. The van der Waals surface area contributed by atoms with Gasteiger partial charge in [0.2, 0.25) is 11.8 Å². The molecule has 1 N–H and O–H groups in total. The number of nitrogens with one attached hydrogen (secondary N) is 1. The Labute approximate surface area is 227 Å². The van der Waals surface area contributed by atoms with Gasteiger partial charge in [0.05, 0.1) is 0 Å². The molecule has 194 valence electrons. The van der Waals surface area contributed by atoms with E-state index in [1.54, 1.807) is 23.1 Å². The summed E-state index contributed by atoms with van der Waals surface area (Å²) in [5, 5.41) is 3.80. The summed E-state index contributed by atoms with van der Waals surface area (Å²) >= 11 is 13.0. The van der Waals surface area contributed by atoms with Gasteiger partial charge >= 0.3 is 0 Å². The van der Waals surface area contributed by atoms with Crippen LogP contribution in [0.1, 0.15) is 30.0 Å². The summed E-state index contributed by atoms with van der Waals surface area (Å²) in [6, 6.07) is 19.9. The number of aryl methyl sites for hydroxylation is 1. The normalized spacial score (nSPS) is 13.1. The maximum atomic E-state index is 13.8. The summed E-state index contributed by atoms with van der Waals surface area (Å²) in [5.41, 5.74) is 2.51. The van der Waals surface area contributed by atoms with E-state index < -0.39 is 6.04 Å². The fourth-order valence-corrected chi connectivity index (χ4v) is 4.85. The van der Waals surface area contributed by atoms with Gasteiger partial charge in [-0.2, -0.15) is 0 Å².